The largest absolute Gasteiger partial charge is 0.426 e. The minimum Gasteiger partial charge on any atom is -0.426 e. The van der Waals surface area contributed by atoms with Crippen molar-refractivity contribution in [1.82, 2.24) is 5.32 Å². The molecule has 1 amide bonds. The first-order chi connectivity index (χ1) is 37.4. The molecule has 1 aromatic carbocycles. The van der Waals surface area contributed by atoms with Crippen LogP contribution in [0.3, 0.4) is 0 Å². The van der Waals surface area contributed by atoms with Gasteiger partial charge in [0, 0.05) is 30.7 Å². The summed E-state index contributed by atoms with van der Waals surface area (Å²) < 4.78 is 17.2. The number of unbranched alkanes of at least 4 members (excludes halogenated alkanes) is 33. The van der Waals surface area contributed by atoms with Gasteiger partial charge in [-0.3, -0.25) is 14.4 Å². The summed E-state index contributed by atoms with van der Waals surface area (Å²) >= 11 is 0. The number of hydrogen-bond acceptors (Lipinski definition) is 12. The summed E-state index contributed by atoms with van der Waals surface area (Å²) in [6.45, 7) is 12.0. The molecule has 0 aromatic heterocycles. The van der Waals surface area contributed by atoms with Gasteiger partial charge in [-0.2, -0.15) is 0 Å². The zero-order valence-electron chi connectivity index (χ0n) is 50.6. The lowest BCUT2D eigenvalue weighted by Gasteiger charge is -2.41. The summed E-state index contributed by atoms with van der Waals surface area (Å²) in [4.78, 5) is 40.9. The van der Waals surface area contributed by atoms with Crippen LogP contribution in [0.5, 0.6) is 5.75 Å². The molecule has 0 spiro atoms. The Morgan fingerprint density at radius 1 is 0.615 bits per heavy atom. The second kappa shape index (κ2) is 42.3. The average Bonchev–Trinajstić information content (AvgIpc) is 3.43. The number of aryl methyl sites for hydroxylation is 2. The first-order valence-electron chi connectivity index (χ1n) is 31.9. The van der Waals surface area contributed by atoms with E-state index in [1.54, 1.807) is 6.07 Å². The molecule has 2 rings (SSSR count). The minimum absolute atomic E-state index is 0.0396. The molecule has 0 bridgehead atoms. The number of aliphatic hydroxyl groups is 6. The molecule has 0 aliphatic carbocycles. The number of nitrogens with one attached hydrogen (secondary N) is 1. The van der Waals surface area contributed by atoms with E-state index in [9.17, 15) is 45.0 Å². The van der Waals surface area contributed by atoms with Crippen molar-refractivity contribution in [2.24, 2.45) is 0 Å². The van der Waals surface area contributed by atoms with Crippen molar-refractivity contribution in [2.45, 2.75) is 346 Å². The lowest BCUT2D eigenvalue weighted by atomic mass is 9.77. The van der Waals surface area contributed by atoms with Gasteiger partial charge in [0.15, 0.2) is 17.7 Å². The molecule has 1 aliphatic rings. The van der Waals surface area contributed by atoms with E-state index < -0.39 is 84.7 Å². The summed E-state index contributed by atoms with van der Waals surface area (Å²) in [5.74, 6) is -1.27. The lowest BCUT2D eigenvalue weighted by molar-refractivity contribution is -0.303. The quantitative estimate of drug-likeness (QED) is 0.0185. The Balaban J connectivity index is 2.09. The van der Waals surface area contributed by atoms with Crippen LogP contribution in [0.15, 0.2) is 12.1 Å². The molecule has 1 aliphatic heterocycles. The van der Waals surface area contributed by atoms with Gasteiger partial charge in [0.25, 0.3) is 0 Å². The predicted molar refractivity (Wildman–Crippen MR) is 315 cm³/mol. The Bertz CT molecular complexity index is 1720. The van der Waals surface area contributed by atoms with Crippen molar-refractivity contribution < 1.29 is 59.2 Å². The molecule has 1 heterocycles. The van der Waals surface area contributed by atoms with Crippen LogP contribution in [0.4, 0.5) is 0 Å². The van der Waals surface area contributed by atoms with Gasteiger partial charge < -0.3 is 50.2 Å². The molecule has 0 unspecified atom stereocenters. The highest BCUT2D eigenvalue weighted by Gasteiger charge is 2.48. The van der Waals surface area contributed by atoms with Gasteiger partial charge in [0.05, 0.1) is 19.3 Å². The molecule has 78 heavy (non-hydrogen) atoms. The van der Waals surface area contributed by atoms with Gasteiger partial charge in [-0.15, -0.1) is 0 Å². The van der Waals surface area contributed by atoms with Gasteiger partial charge in [0.1, 0.15) is 36.3 Å². The standard InChI is InChI=1S/C65H117NO12/c1-8-10-12-14-16-18-20-22-23-24-25-26-27-28-29-30-31-32-33-35-37-39-41-43-56(69)65(75,44-42-40-38-36-34-21-19-17-15-13-11-9-2)62(74)53(49-76-63-61(73)60(72)59(71)55(48-67)78-63)66-57(70)47-64(6,7)58-51(4)45-50(3)46-54(58)77-52(5)68/h45-46,53,55,59-63,67,71-75H,8-44,47-49H2,1-7H3,(H,66,70)/t53-,55+,59-,60-,61+,62-,63-,65-/m0/s1. The summed E-state index contributed by atoms with van der Waals surface area (Å²) in [6, 6.07) is 2.26. The monoisotopic (exact) mass is 1100 g/mol. The molecule has 1 fully saturated rings. The number of ketones is 1. The molecule has 13 heteroatoms. The third kappa shape index (κ3) is 29.0. The first kappa shape index (κ1) is 71.6. The van der Waals surface area contributed by atoms with Crippen molar-refractivity contribution in [1.29, 1.82) is 0 Å². The molecular formula is C65H117NO12. The van der Waals surface area contributed by atoms with Crippen LogP contribution >= 0.6 is 0 Å². The van der Waals surface area contributed by atoms with E-state index in [4.69, 9.17) is 14.2 Å². The van der Waals surface area contributed by atoms with Crippen LogP contribution in [-0.2, 0) is 29.3 Å². The smallest absolute Gasteiger partial charge is 0.308 e. The van der Waals surface area contributed by atoms with Crippen molar-refractivity contribution in [3.05, 3.63) is 28.8 Å². The number of carbonyl (C=O) groups excluding carboxylic acids is 3. The van der Waals surface area contributed by atoms with Gasteiger partial charge in [-0.05, 0) is 43.9 Å². The maximum atomic E-state index is 14.4. The number of rotatable bonds is 49. The van der Waals surface area contributed by atoms with E-state index in [2.05, 4.69) is 19.2 Å². The maximum Gasteiger partial charge on any atom is 0.308 e. The number of esters is 1. The molecule has 7 N–H and O–H groups in total. The summed E-state index contributed by atoms with van der Waals surface area (Å²) in [5.41, 5.74) is -0.878. The molecule has 454 valence electrons. The third-order valence-corrected chi connectivity index (χ3v) is 16.4. The van der Waals surface area contributed by atoms with Crippen molar-refractivity contribution in [3.63, 3.8) is 0 Å². The van der Waals surface area contributed by atoms with Gasteiger partial charge in [0.2, 0.25) is 5.91 Å². The van der Waals surface area contributed by atoms with E-state index in [1.807, 2.05) is 33.8 Å². The summed E-state index contributed by atoms with van der Waals surface area (Å²) in [7, 11) is 0. The Kier molecular flexibility index (Phi) is 38.9. The van der Waals surface area contributed by atoms with Crippen LogP contribution in [0, 0.1) is 13.8 Å². The molecule has 0 radical (unpaired) electrons. The van der Waals surface area contributed by atoms with E-state index in [0.717, 1.165) is 62.5 Å². The second-order valence-corrected chi connectivity index (χ2v) is 24.3. The minimum atomic E-state index is -2.27. The SMILES string of the molecule is CCCCCCCCCCCCCCCCCCCCCCCCCC(=O)[C@@](O)(CCCCCCCCCCCCCC)[C@@H](O)[C@H](CO[C@H]1O[C@H](CO)[C@H](O)[C@H](O)[C@H]1O)NC(=O)CC(C)(C)c1c(C)cc(C)cc1OC(C)=O. The average molecular weight is 1100 g/mol. The van der Waals surface area contributed by atoms with Gasteiger partial charge in [-0.25, -0.2) is 0 Å². The second-order valence-electron chi connectivity index (χ2n) is 24.3. The zero-order chi connectivity index (χ0) is 57.6. The highest BCUT2D eigenvalue weighted by atomic mass is 16.7. The normalized spacial score (nSPS) is 19.4. The summed E-state index contributed by atoms with van der Waals surface area (Å²) in [6.07, 6.45) is 31.9. The van der Waals surface area contributed by atoms with Gasteiger partial charge in [-0.1, -0.05) is 252 Å². The molecular weight excluding hydrogens is 987 g/mol. The lowest BCUT2D eigenvalue weighted by Crippen LogP contribution is -2.62. The molecule has 0 saturated carbocycles. The van der Waals surface area contributed by atoms with Gasteiger partial charge >= 0.3 is 5.97 Å². The van der Waals surface area contributed by atoms with Crippen LogP contribution in [0.2, 0.25) is 0 Å². The fourth-order valence-corrected chi connectivity index (χ4v) is 11.7. The molecule has 1 saturated heterocycles. The van der Waals surface area contributed by atoms with Crippen LogP contribution in [-0.4, -0.2) is 110 Å². The zero-order valence-corrected chi connectivity index (χ0v) is 50.6. The van der Waals surface area contributed by atoms with Crippen molar-refractivity contribution in [3.8, 4) is 5.75 Å². The van der Waals surface area contributed by atoms with E-state index in [-0.39, 0.29) is 19.3 Å². The van der Waals surface area contributed by atoms with Crippen LogP contribution in [0.1, 0.15) is 295 Å². The fourth-order valence-electron chi connectivity index (χ4n) is 11.7. The topological polar surface area (TPSA) is 212 Å². The Morgan fingerprint density at radius 3 is 1.44 bits per heavy atom. The van der Waals surface area contributed by atoms with Crippen LogP contribution < -0.4 is 10.1 Å². The summed E-state index contributed by atoms with van der Waals surface area (Å²) in [5, 5.41) is 69.5. The predicted octanol–water partition coefficient (Wildman–Crippen LogP) is 13.3. The molecule has 1 aromatic rings. The van der Waals surface area contributed by atoms with Crippen molar-refractivity contribution in [2.75, 3.05) is 13.2 Å². The number of amides is 1. The van der Waals surface area contributed by atoms with Crippen LogP contribution in [0.25, 0.3) is 0 Å². The van der Waals surface area contributed by atoms with E-state index >= 15 is 0 Å². The first-order valence-corrected chi connectivity index (χ1v) is 31.9. The van der Waals surface area contributed by atoms with Crippen molar-refractivity contribution >= 4 is 17.7 Å². The number of Topliss-reactive ketones (excluding diaryl/α,β-unsaturated/α-hetero) is 1. The number of hydrogen-bond donors (Lipinski definition) is 7. The third-order valence-electron chi connectivity index (χ3n) is 16.4. The Labute approximate surface area is 474 Å². The molecule has 13 nitrogen and oxygen atoms in total. The van der Waals surface area contributed by atoms with E-state index in [0.29, 0.717) is 24.2 Å². The number of benzene rings is 1. The number of carbonyl (C=O) groups is 3. The Hall–Kier alpha value is -2.49. The van der Waals surface area contributed by atoms with E-state index in [1.165, 1.54) is 167 Å². The number of aliphatic hydroxyl groups excluding tert-OH is 5. The molecule has 8 atom stereocenters. The highest BCUT2D eigenvalue weighted by Crippen LogP contribution is 2.38. The number of ether oxygens (including phenoxy) is 3. The Morgan fingerprint density at radius 2 is 1.03 bits per heavy atom. The highest BCUT2D eigenvalue weighted by molar-refractivity contribution is 5.88. The maximum absolute atomic E-state index is 14.4. The fraction of sp³-hybridized carbons (Fsp3) is 0.862.